The van der Waals surface area contributed by atoms with E-state index in [1.54, 1.807) is 29.4 Å². The maximum absolute atomic E-state index is 12.8. The molecular formula is C18H21N5O2. The Morgan fingerprint density at radius 1 is 1.08 bits per heavy atom. The van der Waals surface area contributed by atoms with Gasteiger partial charge in [-0.05, 0) is 24.8 Å². The zero-order valence-corrected chi connectivity index (χ0v) is 14.0. The smallest absolute Gasteiger partial charge is 0.242 e. The van der Waals surface area contributed by atoms with Crippen molar-refractivity contribution in [2.75, 3.05) is 24.5 Å². The molecule has 7 nitrogen and oxygen atoms in total. The second-order valence-electron chi connectivity index (χ2n) is 6.80. The van der Waals surface area contributed by atoms with Gasteiger partial charge in [0.25, 0.3) is 0 Å². The fourth-order valence-corrected chi connectivity index (χ4v) is 3.80. The minimum Gasteiger partial charge on any atom is -0.345 e. The number of anilines is 1. The molecule has 130 valence electrons. The van der Waals surface area contributed by atoms with Gasteiger partial charge in [0.1, 0.15) is 6.54 Å². The van der Waals surface area contributed by atoms with Crippen molar-refractivity contribution < 1.29 is 4.79 Å². The molecule has 7 heteroatoms. The third-order valence-corrected chi connectivity index (χ3v) is 5.05. The van der Waals surface area contributed by atoms with E-state index in [0.29, 0.717) is 5.92 Å². The number of aromatic nitrogens is 3. The highest BCUT2D eigenvalue weighted by atomic mass is 16.2. The van der Waals surface area contributed by atoms with Crippen LogP contribution in [0.5, 0.6) is 0 Å². The number of amides is 1. The summed E-state index contributed by atoms with van der Waals surface area (Å²) in [5.41, 5.74) is -0.0453. The Bertz CT molecular complexity index is 786. The van der Waals surface area contributed by atoms with E-state index in [2.05, 4.69) is 14.9 Å². The molecule has 3 aliphatic heterocycles. The lowest BCUT2D eigenvalue weighted by atomic mass is 9.95. The molecule has 0 aliphatic carbocycles. The van der Waals surface area contributed by atoms with Crippen LogP contribution in [-0.4, -0.2) is 51.0 Å². The number of carbonyl (C=O) groups excluding carboxylic acids is 1. The molecule has 2 aromatic heterocycles. The van der Waals surface area contributed by atoms with Gasteiger partial charge in [-0.3, -0.25) is 9.59 Å². The predicted molar refractivity (Wildman–Crippen MR) is 93.2 cm³/mol. The summed E-state index contributed by atoms with van der Waals surface area (Å²) in [5, 5.41) is 0. The van der Waals surface area contributed by atoms with Gasteiger partial charge < -0.3 is 14.4 Å². The highest BCUT2D eigenvalue weighted by Gasteiger charge is 2.37. The lowest BCUT2D eigenvalue weighted by Gasteiger charge is -2.36. The standard InChI is InChI=1S/C18H21N5O2/c24-16-4-8-21(9-5-16)13-17(25)23-11-14-2-3-15(23)12-22(10-14)18-19-6-1-7-20-18/h1,4-9,14-15H,2-3,10-13H2/t14-,15+/m1/s1. The first-order chi connectivity index (χ1) is 12.2. The number of nitrogens with zero attached hydrogens (tertiary/aromatic N) is 5. The zero-order valence-electron chi connectivity index (χ0n) is 14.0. The third-order valence-electron chi connectivity index (χ3n) is 5.05. The van der Waals surface area contributed by atoms with Crippen LogP contribution in [0.3, 0.4) is 0 Å². The van der Waals surface area contributed by atoms with Gasteiger partial charge in [0.15, 0.2) is 5.43 Å². The van der Waals surface area contributed by atoms with Crippen LogP contribution < -0.4 is 10.3 Å². The number of hydrogen-bond donors (Lipinski definition) is 0. The fourth-order valence-electron chi connectivity index (χ4n) is 3.80. The quantitative estimate of drug-likeness (QED) is 0.826. The Labute approximate surface area is 145 Å². The first-order valence-corrected chi connectivity index (χ1v) is 8.66. The minimum atomic E-state index is -0.0453. The molecule has 3 saturated heterocycles. The molecular weight excluding hydrogens is 318 g/mol. The topological polar surface area (TPSA) is 71.3 Å². The van der Waals surface area contributed by atoms with E-state index in [4.69, 9.17) is 0 Å². The van der Waals surface area contributed by atoms with Crippen molar-refractivity contribution in [1.29, 1.82) is 0 Å². The van der Waals surface area contributed by atoms with Crippen LogP contribution in [0.2, 0.25) is 0 Å². The van der Waals surface area contributed by atoms with Crippen molar-refractivity contribution in [2.45, 2.75) is 25.4 Å². The van der Waals surface area contributed by atoms with Crippen LogP contribution in [0.1, 0.15) is 12.8 Å². The van der Waals surface area contributed by atoms with E-state index >= 15 is 0 Å². The zero-order chi connectivity index (χ0) is 17.2. The highest BCUT2D eigenvalue weighted by Crippen LogP contribution is 2.29. The van der Waals surface area contributed by atoms with Crippen LogP contribution in [0, 0.1) is 5.92 Å². The molecule has 2 bridgehead atoms. The molecule has 25 heavy (non-hydrogen) atoms. The number of rotatable bonds is 3. The molecule has 3 aliphatic rings. The van der Waals surface area contributed by atoms with Gasteiger partial charge in [-0.1, -0.05) is 0 Å². The Balaban J connectivity index is 1.49. The van der Waals surface area contributed by atoms with E-state index < -0.39 is 0 Å². The van der Waals surface area contributed by atoms with Crippen LogP contribution in [0.25, 0.3) is 0 Å². The summed E-state index contributed by atoms with van der Waals surface area (Å²) < 4.78 is 1.76. The summed E-state index contributed by atoms with van der Waals surface area (Å²) in [7, 11) is 0. The van der Waals surface area contributed by atoms with Crippen molar-refractivity contribution >= 4 is 11.9 Å². The lowest BCUT2D eigenvalue weighted by Crippen LogP contribution is -2.48. The van der Waals surface area contributed by atoms with Gasteiger partial charge in [0, 0.05) is 62.6 Å². The summed E-state index contributed by atoms with van der Waals surface area (Å²) >= 11 is 0. The number of carbonyl (C=O) groups is 1. The van der Waals surface area contributed by atoms with Crippen LogP contribution in [-0.2, 0) is 11.3 Å². The van der Waals surface area contributed by atoms with Crippen LogP contribution in [0.4, 0.5) is 5.95 Å². The third kappa shape index (κ3) is 3.40. The minimum absolute atomic E-state index is 0.0453. The van der Waals surface area contributed by atoms with Gasteiger partial charge in [0.2, 0.25) is 11.9 Å². The van der Waals surface area contributed by atoms with E-state index in [1.807, 2.05) is 11.0 Å². The Morgan fingerprint density at radius 3 is 2.60 bits per heavy atom. The predicted octanol–water partition coefficient (Wildman–Crippen LogP) is 0.766. The second-order valence-corrected chi connectivity index (χ2v) is 6.80. The summed E-state index contributed by atoms with van der Waals surface area (Å²) in [6.45, 7) is 2.72. The van der Waals surface area contributed by atoms with Crippen molar-refractivity contribution in [3.63, 3.8) is 0 Å². The molecule has 2 atom stereocenters. The highest BCUT2D eigenvalue weighted by molar-refractivity contribution is 5.76. The Morgan fingerprint density at radius 2 is 1.84 bits per heavy atom. The number of piperidine rings is 1. The van der Waals surface area contributed by atoms with Gasteiger partial charge >= 0.3 is 0 Å². The SMILES string of the molecule is O=C(Cn1ccc(=O)cc1)N1C[C@@H]2CC[C@H]1CN(c1ncccn1)C2. The fraction of sp³-hybridized carbons (Fsp3) is 0.444. The Hall–Kier alpha value is -2.70. The number of pyridine rings is 1. The van der Waals surface area contributed by atoms with E-state index in [-0.39, 0.29) is 23.9 Å². The Kier molecular flexibility index (Phi) is 4.21. The van der Waals surface area contributed by atoms with E-state index in [9.17, 15) is 9.59 Å². The first kappa shape index (κ1) is 15.8. The van der Waals surface area contributed by atoms with Crippen molar-refractivity contribution in [2.24, 2.45) is 5.92 Å². The molecule has 1 amide bonds. The van der Waals surface area contributed by atoms with Crippen molar-refractivity contribution in [1.82, 2.24) is 19.4 Å². The molecule has 5 rings (SSSR count). The van der Waals surface area contributed by atoms with Gasteiger partial charge in [0.05, 0.1) is 0 Å². The summed E-state index contributed by atoms with van der Waals surface area (Å²) in [6.07, 6.45) is 9.00. The summed E-state index contributed by atoms with van der Waals surface area (Å²) in [5.74, 6) is 1.30. The molecule has 0 saturated carbocycles. The maximum atomic E-state index is 12.8. The first-order valence-electron chi connectivity index (χ1n) is 8.66. The average Bonchev–Trinajstić information content (AvgIpc) is 2.96. The van der Waals surface area contributed by atoms with E-state index in [0.717, 1.165) is 38.4 Å². The monoisotopic (exact) mass is 339 g/mol. The lowest BCUT2D eigenvalue weighted by molar-refractivity contribution is -0.135. The molecule has 3 fully saturated rings. The molecule has 2 aromatic rings. The molecule has 5 heterocycles. The summed E-state index contributed by atoms with van der Waals surface area (Å²) in [4.78, 5) is 37.0. The molecule has 0 unspecified atom stereocenters. The molecule has 0 spiro atoms. The maximum Gasteiger partial charge on any atom is 0.242 e. The normalized spacial score (nSPS) is 22.7. The molecule has 0 aromatic carbocycles. The van der Waals surface area contributed by atoms with E-state index in [1.165, 1.54) is 12.1 Å². The number of fused-ring (bicyclic) bond motifs is 4. The second kappa shape index (κ2) is 6.66. The number of hydrogen-bond acceptors (Lipinski definition) is 5. The van der Waals surface area contributed by atoms with Crippen LogP contribution >= 0.6 is 0 Å². The molecule has 0 N–H and O–H groups in total. The molecule has 0 radical (unpaired) electrons. The van der Waals surface area contributed by atoms with Gasteiger partial charge in [-0.25, -0.2) is 9.97 Å². The van der Waals surface area contributed by atoms with Crippen molar-refractivity contribution in [3.05, 3.63) is 53.2 Å². The van der Waals surface area contributed by atoms with Gasteiger partial charge in [-0.2, -0.15) is 0 Å². The van der Waals surface area contributed by atoms with Crippen LogP contribution in [0.15, 0.2) is 47.8 Å². The largest absolute Gasteiger partial charge is 0.345 e. The van der Waals surface area contributed by atoms with Crippen molar-refractivity contribution in [3.8, 4) is 0 Å². The average molecular weight is 339 g/mol. The van der Waals surface area contributed by atoms with Gasteiger partial charge in [-0.15, -0.1) is 0 Å². The summed E-state index contributed by atoms with van der Waals surface area (Å²) in [6, 6.07) is 4.97.